The number of aryl methyl sites for hydroxylation is 1. The molecule has 0 aliphatic heterocycles. The van der Waals surface area contributed by atoms with Crippen molar-refractivity contribution in [2.45, 2.75) is 27.3 Å². The maximum absolute atomic E-state index is 13.8. The van der Waals surface area contributed by atoms with Crippen LogP contribution in [-0.2, 0) is 6.54 Å². The predicted molar refractivity (Wildman–Crippen MR) is 70.3 cm³/mol. The van der Waals surface area contributed by atoms with Crippen molar-refractivity contribution in [2.24, 2.45) is 0 Å². The van der Waals surface area contributed by atoms with Crippen molar-refractivity contribution in [3.8, 4) is 5.69 Å². The third-order valence-electron chi connectivity index (χ3n) is 3.21. The SMILES string of the molecule is CCNCc1c(C)nn(-c2cc(F)c(F)cc2F)c1C. The number of hydrogen-bond acceptors (Lipinski definition) is 2. The van der Waals surface area contributed by atoms with Crippen molar-refractivity contribution in [1.82, 2.24) is 15.1 Å². The van der Waals surface area contributed by atoms with E-state index in [2.05, 4.69) is 10.4 Å². The van der Waals surface area contributed by atoms with Gasteiger partial charge < -0.3 is 5.32 Å². The van der Waals surface area contributed by atoms with Crippen LogP contribution in [0.4, 0.5) is 13.2 Å². The Hall–Kier alpha value is -1.82. The molecule has 0 bridgehead atoms. The number of aromatic nitrogens is 2. The summed E-state index contributed by atoms with van der Waals surface area (Å²) >= 11 is 0. The van der Waals surface area contributed by atoms with Gasteiger partial charge in [0.05, 0.1) is 5.69 Å². The molecular weight excluding hydrogens is 267 g/mol. The van der Waals surface area contributed by atoms with Crippen LogP contribution in [0, 0.1) is 31.3 Å². The topological polar surface area (TPSA) is 29.9 Å². The first-order chi connectivity index (χ1) is 9.45. The third-order valence-corrected chi connectivity index (χ3v) is 3.21. The number of nitrogens with one attached hydrogen (secondary N) is 1. The fourth-order valence-electron chi connectivity index (χ4n) is 2.09. The zero-order chi connectivity index (χ0) is 14.9. The average molecular weight is 283 g/mol. The van der Waals surface area contributed by atoms with Gasteiger partial charge in [-0.2, -0.15) is 5.10 Å². The summed E-state index contributed by atoms with van der Waals surface area (Å²) < 4.78 is 41.4. The Morgan fingerprint density at radius 3 is 2.40 bits per heavy atom. The van der Waals surface area contributed by atoms with Crippen molar-refractivity contribution in [2.75, 3.05) is 6.54 Å². The lowest BCUT2D eigenvalue weighted by atomic mass is 10.2. The van der Waals surface area contributed by atoms with Crippen LogP contribution in [0.15, 0.2) is 12.1 Å². The largest absolute Gasteiger partial charge is 0.313 e. The molecule has 20 heavy (non-hydrogen) atoms. The zero-order valence-corrected chi connectivity index (χ0v) is 11.6. The van der Waals surface area contributed by atoms with E-state index in [1.54, 1.807) is 13.8 Å². The first kappa shape index (κ1) is 14.6. The summed E-state index contributed by atoms with van der Waals surface area (Å²) in [5, 5.41) is 7.38. The number of halogens is 3. The molecule has 1 heterocycles. The molecule has 2 rings (SSSR count). The molecule has 0 saturated carbocycles. The maximum atomic E-state index is 13.8. The molecule has 108 valence electrons. The van der Waals surface area contributed by atoms with Crippen LogP contribution in [0.25, 0.3) is 5.69 Å². The third kappa shape index (κ3) is 2.56. The van der Waals surface area contributed by atoms with Crippen molar-refractivity contribution in [3.63, 3.8) is 0 Å². The molecule has 6 heteroatoms. The van der Waals surface area contributed by atoms with Crippen LogP contribution >= 0.6 is 0 Å². The van der Waals surface area contributed by atoms with Crippen LogP contribution < -0.4 is 5.32 Å². The number of nitrogens with zero attached hydrogens (tertiary/aromatic N) is 2. The Labute approximate surface area is 115 Å². The minimum Gasteiger partial charge on any atom is -0.313 e. The minimum absolute atomic E-state index is 0.0905. The lowest BCUT2D eigenvalue weighted by Gasteiger charge is -2.07. The fraction of sp³-hybridized carbons (Fsp3) is 0.357. The highest BCUT2D eigenvalue weighted by atomic mass is 19.2. The molecule has 0 amide bonds. The van der Waals surface area contributed by atoms with E-state index in [-0.39, 0.29) is 5.69 Å². The molecule has 0 saturated heterocycles. The second kappa shape index (κ2) is 5.66. The van der Waals surface area contributed by atoms with Crippen LogP contribution in [0.1, 0.15) is 23.9 Å². The van der Waals surface area contributed by atoms with E-state index in [0.29, 0.717) is 18.3 Å². The van der Waals surface area contributed by atoms with Crippen LogP contribution in [-0.4, -0.2) is 16.3 Å². The molecule has 3 nitrogen and oxygen atoms in total. The van der Waals surface area contributed by atoms with Gasteiger partial charge in [0.2, 0.25) is 0 Å². The van der Waals surface area contributed by atoms with E-state index in [1.165, 1.54) is 4.68 Å². The van der Waals surface area contributed by atoms with E-state index < -0.39 is 17.5 Å². The first-order valence-corrected chi connectivity index (χ1v) is 6.36. The highest BCUT2D eigenvalue weighted by Crippen LogP contribution is 2.22. The van der Waals surface area contributed by atoms with Crippen molar-refractivity contribution in [1.29, 1.82) is 0 Å². The van der Waals surface area contributed by atoms with Gasteiger partial charge in [-0.1, -0.05) is 6.92 Å². The number of hydrogen-bond donors (Lipinski definition) is 1. The van der Waals surface area contributed by atoms with Gasteiger partial charge in [-0.05, 0) is 20.4 Å². The Kier molecular flexibility index (Phi) is 4.13. The summed E-state index contributed by atoms with van der Waals surface area (Å²) in [6.07, 6.45) is 0. The van der Waals surface area contributed by atoms with Gasteiger partial charge in [0.1, 0.15) is 5.69 Å². The second-order valence-corrected chi connectivity index (χ2v) is 4.56. The number of rotatable bonds is 4. The summed E-state index contributed by atoms with van der Waals surface area (Å²) in [6, 6.07) is 1.35. The van der Waals surface area contributed by atoms with Gasteiger partial charge in [0.25, 0.3) is 0 Å². The Morgan fingerprint density at radius 2 is 1.75 bits per heavy atom. The first-order valence-electron chi connectivity index (χ1n) is 6.36. The molecular formula is C14H16F3N3. The van der Waals surface area contributed by atoms with Gasteiger partial charge in [-0.15, -0.1) is 0 Å². The van der Waals surface area contributed by atoms with Gasteiger partial charge >= 0.3 is 0 Å². The second-order valence-electron chi connectivity index (χ2n) is 4.56. The maximum Gasteiger partial charge on any atom is 0.161 e. The molecule has 0 spiro atoms. The average Bonchev–Trinajstić information content (AvgIpc) is 2.67. The van der Waals surface area contributed by atoms with Crippen molar-refractivity contribution in [3.05, 3.63) is 46.5 Å². The Bertz CT molecular complexity index is 635. The fourth-order valence-corrected chi connectivity index (χ4v) is 2.09. The van der Waals surface area contributed by atoms with Gasteiger partial charge in [-0.25, -0.2) is 17.9 Å². The van der Waals surface area contributed by atoms with Crippen molar-refractivity contribution < 1.29 is 13.2 Å². The zero-order valence-electron chi connectivity index (χ0n) is 11.6. The predicted octanol–water partition coefficient (Wildman–Crippen LogP) is 3.02. The summed E-state index contributed by atoms with van der Waals surface area (Å²) in [5.41, 5.74) is 2.27. The molecule has 1 N–H and O–H groups in total. The normalized spacial score (nSPS) is 11.1. The standard InChI is InChI=1S/C14H16F3N3/c1-4-18-7-10-8(2)19-20(9(10)3)14-6-12(16)11(15)5-13(14)17/h5-6,18H,4,7H2,1-3H3. The van der Waals surface area contributed by atoms with E-state index in [1.807, 2.05) is 6.92 Å². The smallest absolute Gasteiger partial charge is 0.161 e. The number of benzene rings is 1. The minimum atomic E-state index is -1.21. The summed E-state index contributed by atoms with van der Waals surface area (Å²) in [6.45, 7) is 6.94. The summed E-state index contributed by atoms with van der Waals surface area (Å²) in [5.74, 6) is -3.15. The molecule has 0 aliphatic carbocycles. The van der Waals surface area contributed by atoms with Crippen LogP contribution in [0.3, 0.4) is 0 Å². The van der Waals surface area contributed by atoms with E-state index in [4.69, 9.17) is 0 Å². The van der Waals surface area contributed by atoms with E-state index in [0.717, 1.165) is 23.9 Å². The van der Waals surface area contributed by atoms with Gasteiger partial charge in [0, 0.05) is 29.9 Å². The quantitative estimate of drug-likeness (QED) is 0.874. The summed E-state index contributed by atoms with van der Waals surface area (Å²) in [4.78, 5) is 0. The highest BCUT2D eigenvalue weighted by Gasteiger charge is 2.17. The summed E-state index contributed by atoms with van der Waals surface area (Å²) in [7, 11) is 0. The Morgan fingerprint density at radius 1 is 1.10 bits per heavy atom. The highest BCUT2D eigenvalue weighted by molar-refractivity contribution is 5.39. The molecule has 0 unspecified atom stereocenters. The molecule has 1 aromatic carbocycles. The van der Waals surface area contributed by atoms with E-state index in [9.17, 15) is 13.2 Å². The van der Waals surface area contributed by atoms with Gasteiger partial charge in [-0.3, -0.25) is 0 Å². The molecule has 0 fully saturated rings. The lowest BCUT2D eigenvalue weighted by molar-refractivity contribution is 0.491. The van der Waals surface area contributed by atoms with Gasteiger partial charge in [0.15, 0.2) is 17.5 Å². The molecule has 0 atom stereocenters. The molecule has 0 aliphatic rings. The molecule has 1 aromatic heterocycles. The van der Waals surface area contributed by atoms with Crippen LogP contribution in [0.5, 0.6) is 0 Å². The molecule has 2 aromatic rings. The lowest BCUT2D eigenvalue weighted by Crippen LogP contribution is -2.13. The molecule has 0 radical (unpaired) electrons. The Balaban J connectivity index is 2.51. The van der Waals surface area contributed by atoms with Crippen LogP contribution in [0.2, 0.25) is 0 Å². The van der Waals surface area contributed by atoms with Crippen molar-refractivity contribution >= 4 is 0 Å². The van der Waals surface area contributed by atoms with E-state index >= 15 is 0 Å². The monoisotopic (exact) mass is 283 g/mol.